The number of nitrogens with zero attached hydrogens (tertiary/aromatic N) is 1. The number of carbonyl (C=O) groups excluding carboxylic acids is 2. The lowest BCUT2D eigenvalue weighted by Gasteiger charge is -2.28. The molecule has 1 amide bonds. The van der Waals surface area contributed by atoms with E-state index in [4.69, 9.17) is 0 Å². The lowest BCUT2D eigenvalue weighted by Crippen LogP contribution is -2.41. The number of pyridine rings is 1. The molecule has 0 spiro atoms. The maximum absolute atomic E-state index is 12.0. The van der Waals surface area contributed by atoms with Crippen molar-refractivity contribution in [2.75, 3.05) is 5.32 Å². The monoisotopic (exact) mass is 245 g/mol. The van der Waals surface area contributed by atoms with Gasteiger partial charge in [-0.2, -0.15) is 0 Å². The summed E-state index contributed by atoms with van der Waals surface area (Å²) in [6, 6.07) is 3.41. The van der Waals surface area contributed by atoms with Gasteiger partial charge in [-0.05, 0) is 25.0 Å². The highest BCUT2D eigenvalue weighted by atomic mass is 16.4. The summed E-state index contributed by atoms with van der Waals surface area (Å²) in [4.78, 5) is 26.9. The summed E-state index contributed by atoms with van der Waals surface area (Å²) in [7, 11) is 0. The van der Waals surface area contributed by atoms with E-state index in [-0.39, 0.29) is 5.91 Å². The third kappa shape index (κ3) is 2.74. The van der Waals surface area contributed by atoms with Crippen molar-refractivity contribution in [2.45, 2.75) is 12.8 Å². The number of aliphatic carboxylic acids is 1. The first-order chi connectivity index (χ1) is 8.68. The molecule has 0 saturated heterocycles. The normalized spacial score (nSPS) is 22.4. The van der Waals surface area contributed by atoms with Gasteiger partial charge in [0.1, 0.15) is 0 Å². The molecule has 1 aromatic rings. The van der Waals surface area contributed by atoms with Crippen LogP contribution in [0.25, 0.3) is 0 Å². The minimum Gasteiger partial charge on any atom is -0.550 e. The van der Waals surface area contributed by atoms with Gasteiger partial charge in [0.2, 0.25) is 5.91 Å². The van der Waals surface area contributed by atoms with E-state index >= 15 is 0 Å². The number of carbonyl (C=O) groups is 2. The molecule has 1 N–H and O–H groups in total. The van der Waals surface area contributed by atoms with E-state index < -0.39 is 17.8 Å². The minimum absolute atomic E-state index is 0.304. The predicted octanol–water partition coefficient (Wildman–Crippen LogP) is 0.352. The number of hydrogen-bond donors (Lipinski definition) is 1. The van der Waals surface area contributed by atoms with Crippen molar-refractivity contribution >= 4 is 17.6 Å². The number of aromatic nitrogens is 1. The Morgan fingerprint density at radius 3 is 2.61 bits per heavy atom. The highest BCUT2D eigenvalue weighted by Crippen LogP contribution is 2.26. The number of rotatable bonds is 3. The third-order valence-electron chi connectivity index (χ3n) is 3.00. The number of carboxylic acid groups (broad SMARTS) is 1. The third-order valence-corrected chi connectivity index (χ3v) is 3.00. The molecule has 1 aliphatic rings. The molecule has 1 aromatic heterocycles. The van der Waals surface area contributed by atoms with Gasteiger partial charge in [-0.3, -0.25) is 9.78 Å². The molecule has 0 unspecified atom stereocenters. The number of nitrogens with one attached hydrogen (secondary N) is 1. The van der Waals surface area contributed by atoms with Crippen LogP contribution >= 0.6 is 0 Å². The van der Waals surface area contributed by atoms with Crippen LogP contribution in [0, 0.1) is 11.8 Å². The fourth-order valence-electron chi connectivity index (χ4n) is 2.04. The van der Waals surface area contributed by atoms with Crippen molar-refractivity contribution in [3.63, 3.8) is 0 Å². The Balaban J connectivity index is 2.08. The molecule has 1 aliphatic carbocycles. The summed E-state index contributed by atoms with van der Waals surface area (Å²) in [5.74, 6) is -2.82. The number of carboxylic acids is 1. The molecule has 1 heterocycles. The van der Waals surface area contributed by atoms with E-state index in [1.54, 1.807) is 24.4 Å². The van der Waals surface area contributed by atoms with Crippen molar-refractivity contribution < 1.29 is 14.7 Å². The predicted molar refractivity (Wildman–Crippen MR) is 63.2 cm³/mol. The van der Waals surface area contributed by atoms with Crippen molar-refractivity contribution in [2.24, 2.45) is 11.8 Å². The SMILES string of the molecule is O=C(Nc1cccnc1)[C@H]1CC=CC[C@H]1C(=O)[O-]. The molecule has 0 fully saturated rings. The van der Waals surface area contributed by atoms with Crippen LogP contribution in [0.2, 0.25) is 0 Å². The Bertz CT molecular complexity index is 470. The van der Waals surface area contributed by atoms with E-state index in [0.29, 0.717) is 18.5 Å². The largest absolute Gasteiger partial charge is 0.550 e. The fraction of sp³-hybridized carbons (Fsp3) is 0.308. The number of anilines is 1. The average molecular weight is 245 g/mol. The lowest BCUT2D eigenvalue weighted by molar-refractivity contribution is -0.313. The minimum atomic E-state index is -1.18. The smallest absolute Gasteiger partial charge is 0.228 e. The number of hydrogen-bond acceptors (Lipinski definition) is 4. The molecule has 0 aliphatic heterocycles. The zero-order valence-corrected chi connectivity index (χ0v) is 9.70. The zero-order chi connectivity index (χ0) is 13.0. The molecule has 2 rings (SSSR count). The highest BCUT2D eigenvalue weighted by molar-refractivity contribution is 5.95. The van der Waals surface area contributed by atoms with Crippen molar-refractivity contribution in [1.82, 2.24) is 4.98 Å². The maximum atomic E-state index is 12.0. The van der Waals surface area contributed by atoms with Gasteiger partial charge < -0.3 is 15.2 Å². The second-order valence-corrected chi connectivity index (χ2v) is 4.21. The molecule has 18 heavy (non-hydrogen) atoms. The molecular formula is C13H13N2O3-. The molecule has 94 valence electrons. The Kier molecular flexibility index (Phi) is 3.72. The molecule has 2 atom stereocenters. The van der Waals surface area contributed by atoms with E-state index in [9.17, 15) is 14.7 Å². The average Bonchev–Trinajstić information content (AvgIpc) is 2.40. The van der Waals surface area contributed by atoms with Gasteiger partial charge in [0.05, 0.1) is 17.8 Å². The number of amides is 1. The lowest BCUT2D eigenvalue weighted by atomic mass is 9.82. The molecule has 5 nitrogen and oxygen atoms in total. The van der Waals surface area contributed by atoms with Gasteiger partial charge in [-0.1, -0.05) is 12.2 Å². The summed E-state index contributed by atoms with van der Waals surface area (Å²) >= 11 is 0. The summed E-state index contributed by atoms with van der Waals surface area (Å²) in [6.07, 6.45) is 7.48. The van der Waals surface area contributed by atoms with Crippen molar-refractivity contribution in [1.29, 1.82) is 0 Å². The Hall–Kier alpha value is -2.17. The van der Waals surface area contributed by atoms with E-state index in [0.717, 1.165) is 0 Å². The summed E-state index contributed by atoms with van der Waals surface area (Å²) < 4.78 is 0. The van der Waals surface area contributed by atoms with Gasteiger partial charge in [0, 0.05) is 18.1 Å². The standard InChI is InChI=1S/C13H14N2O3/c16-12(15-9-4-3-7-14-8-9)10-5-1-2-6-11(10)13(17)18/h1-4,7-8,10-11H,5-6H2,(H,15,16)(H,17,18)/p-1/t10-,11+/m0/s1. The van der Waals surface area contributed by atoms with Crippen LogP contribution < -0.4 is 10.4 Å². The second kappa shape index (κ2) is 5.44. The molecule has 0 aromatic carbocycles. The van der Waals surface area contributed by atoms with Crippen LogP contribution in [-0.2, 0) is 9.59 Å². The van der Waals surface area contributed by atoms with E-state index in [1.807, 2.05) is 6.08 Å². The molecule has 0 radical (unpaired) electrons. The molecule has 5 heteroatoms. The van der Waals surface area contributed by atoms with E-state index in [1.165, 1.54) is 6.20 Å². The summed E-state index contributed by atoms with van der Waals surface area (Å²) in [5.41, 5.74) is 0.564. The Morgan fingerprint density at radius 1 is 1.28 bits per heavy atom. The van der Waals surface area contributed by atoms with Crippen LogP contribution in [0.15, 0.2) is 36.7 Å². The Morgan fingerprint density at radius 2 is 2.00 bits per heavy atom. The van der Waals surface area contributed by atoms with Crippen LogP contribution in [0.5, 0.6) is 0 Å². The van der Waals surface area contributed by atoms with Gasteiger partial charge in [0.25, 0.3) is 0 Å². The maximum Gasteiger partial charge on any atom is 0.228 e. The topological polar surface area (TPSA) is 82.1 Å². The molecule has 0 bridgehead atoms. The van der Waals surface area contributed by atoms with Crippen LogP contribution in [0.3, 0.4) is 0 Å². The van der Waals surface area contributed by atoms with E-state index in [2.05, 4.69) is 10.3 Å². The Labute approximate surface area is 105 Å². The highest BCUT2D eigenvalue weighted by Gasteiger charge is 2.29. The fourth-order valence-corrected chi connectivity index (χ4v) is 2.04. The first-order valence-corrected chi connectivity index (χ1v) is 5.75. The zero-order valence-electron chi connectivity index (χ0n) is 9.70. The van der Waals surface area contributed by atoms with Crippen LogP contribution in [-0.4, -0.2) is 16.9 Å². The van der Waals surface area contributed by atoms with Gasteiger partial charge in [-0.15, -0.1) is 0 Å². The number of allylic oxidation sites excluding steroid dienone is 2. The van der Waals surface area contributed by atoms with Crippen LogP contribution in [0.4, 0.5) is 5.69 Å². The van der Waals surface area contributed by atoms with Crippen molar-refractivity contribution in [3.05, 3.63) is 36.7 Å². The van der Waals surface area contributed by atoms with Gasteiger partial charge in [0.15, 0.2) is 0 Å². The summed E-state index contributed by atoms with van der Waals surface area (Å²) in [5, 5.41) is 13.7. The molecular weight excluding hydrogens is 232 g/mol. The summed E-state index contributed by atoms with van der Waals surface area (Å²) in [6.45, 7) is 0. The second-order valence-electron chi connectivity index (χ2n) is 4.21. The quantitative estimate of drug-likeness (QED) is 0.779. The van der Waals surface area contributed by atoms with Crippen LogP contribution in [0.1, 0.15) is 12.8 Å². The van der Waals surface area contributed by atoms with Gasteiger partial charge in [-0.25, -0.2) is 0 Å². The molecule has 0 saturated carbocycles. The first-order valence-electron chi connectivity index (χ1n) is 5.75. The first kappa shape index (κ1) is 12.3. The van der Waals surface area contributed by atoms with Crippen molar-refractivity contribution in [3.8, 4) is 0 Å². The van der Waals surface area contributed by atoms with Gasteiger partial charge >= 0.3 is 0 Å².